The molecule has 1 amide bonds. The van der Waals surface area contributed by atoms with Gasteiger partial charge in [-0.1, -0.05) is 38.3 Å². The fourth-order valence-electron chi connectivity index (χ4n) is 3.96. The maximum Gasteiger partial charge on any atom is 0.243 e. The third kappa shape index (κ3) is 4.89. The molecule has 6 nitrogen and oxygen atoms in total. The van der Waals surface area contributed by atoms with E-state index in [-0.39, 0.29) is 18.5 Å². The van der Waals surface area contributed by atoms with E-state index >= 15 is 0 Å². The minimum atomic E-state index is -3.69. The molecule has 1 aromatic carbocycles. The Balaban J connectivity index is 1.84. The van der Waals surface area contributed by atoms with Crippen LogP contribution in [0.5, 0.6) is 0 Å². The Morgan fingerprint density at radius 2 is 1.74 bits per heavy atom. The van der Waals surface area contributed by atoms with E-state index in [1.165, 1.54) is 4.31 Å². The van der Waals surface area contributed by atoms with E-state index in [1.54, 1.807) is 17.0 Å². The molecule has 2 fully saturated rings. The Morgan fingerprint density at radius 1 is 1.11 bits per heavy atom. The van der Waals surface area contributed by atoms with Crippen LogP contribution in [0, 0.1) is 0 Å². The molecule has 0 atom stereocenters. The summed E-state index contributed by atoms with van der Waals surface area (Å²) in [5.74, 6) is -0.0872. The molecule has 0 radical (unpaired) electrons. The summed E-state index contributed by atoms with van der Waals surface area (Å²) in [5.41, 5.74) is 1.11. The first kappa shape index (κ1) is 20.3. The molecule has 1 aliphatic heterocycles. The SMILES string of the molecule is CCc1ccc(S(=O)(=O)N(CC(=O)N2CCNCC2)C2CCCCC2)cc1. The van der Waals surface area contributed by atoms with Crippen molar-refractivity contribution in [1.29, 1.82) is 0 Å². The van der Waals surface area contributed by atoms with Crippen molar-refractivity contribution in [3.63, 3.8) is 0 Å². The minimum Gasteiger partial charge on any atom is -0.339 e. The number of hydrogen-bond donors (Lipinski definition) is 1. The van der Waals surface area contributed by atoms with Crippen LogP contribution in [0.25, 0.3) is 0 Å². The zero-order valence-electron chi connectivity index (χ0n) is 16.2. The van der Waals surface area contributed by atoms with Gasteiger partial charge in [-0.2, -0.15) is 4.31 Å². The lowest BCUT2D eigenvalue weighted by Gasteiger charge is -2.35. The van der Waals surface area contributed by atoms with Crippen molar-refractivity contribution in [1.82, 2.24) is 14.5 Å². The quantitative estimate of drug-likeness (QED) is 0.803. The molecular formula is C20H31N3O3S. The van der Waals surface area contributed by atoms with Crippen LogP contribution in [-0.2, 0) is 21.2 Å². The van der Waals surface area contributed by atoms with Gasteiger partial charge in [0.1, 0.15) is 0 Å². The van der Waals surface area contributed by atoms with E-state index in [0.717, 1.165) is 57.2 Å². The molecule has 1 saturated carbocycles. The average Bonchev–Trinajstić information content (AvgIpc) is 2.73. The van der Waals surface area contributed by atoms with Gasteiger partial charge >= 0.3 is 0 Å². The summed E-state index contributed by atoms with van der Waals surface area (Å²) in [5, 5.41) is 3.23. The molecule has 1 heterocycles. The maximum atomic E-state index is 13.4. The van der Waals surface area contributed by atoms with Crippen molar-refractivity contribution in [3.05, 3.63) is 29.8 Å². The topological polar surface area (TPSA) is 69.7 Å². The second-order valence-corrected chi connectivity index (χ2v) is 9.36. The average molecular weight is 394 g/mol. The number of sulfonamides is 1. The number of benzene rings is 1. The second-order valence-electron chi connectivity index (χ2n) is 7.47. The highest BCUT2D eigenvalue weighted by molar-refractivity contribution is 7.89. The Hall–Kier alpha value is -1.44. The van der Waals surface area contributed by atoms with Crippen LogP contribution in [0.15, 0.2) is 29.2 Å². The van der Waals surface area contributed by atoms with Gasteiger partial charge in [0.15, 0.2) is 0 Å². The standard InChI is InChI=1S/C20H31N3O3S/c1-2-17-8-10-19(11-9-17)27(25,26)23(18-6-4-3-5-7-18)16-20(24)22-14-12-21-13-15-22/h8-11,18,21H,2-7,12-16H2,1H3. The van der Waals surface area contributed by atoms with Gasteiger partial charge < -0.3 is 10.2 Å². The first-order valence-electron chi connectivity index (χ1n) is 10.1. The van der Waals surface area contributed by atoms with Gasteiger partial charge in [0.2, 0.25) is 15.9 Å². The van der Waals surface area contributed by atoms with Crippen LogP contribution < -0.4 is 5.32 Å². The van der Waals surface area contributed by atoms with Crippen molar-refractivity contribution < 1.29 is 13.2 Å². The van der Waals surface area contributed by atoms with Crippen molar-refractivity contribution >= 4 is 15.9 Å². The van der Waals surface area contributed by atoms with Gasteiger partial charge in [0.05, 0.1) is 11.4 Å². The lowest BCUT2D eigenvalue weighted by molar-refractivity contribution is -0.132. The highest BCUT2D eigenvalue weighted by Crippen LogP contribution is 2.28. The predicted octanol–water partition coefficient (Wildman–Crippen LogP) is 2.00. The number of rotatable bonds is 6. The number of amides is 1. The van der Waals surface area contributed by atoms with Crippen molar-refractivity contribution in [2.45, 2.75) is 56.4 Å². The van der Waals surface area contributed by atoms with E-state index in [9.17, 15) is 13.2 Å². The lowest BCUT2D eigenvalue weighted by atomic mass is 9.95. The zero-order valence-corrected chi connectivity index (χ0v) is 17.0. The molecule has 2 aliphatic rings. The molecule has 1 N–H and O–H groups in total. The molecule has 0 spiro atoms. The highest BCUT2D eigenvalue weighted by Gasteiger charge is 2.35. The van der Waals surface area contributed by atoms with Crippen molar-refractivity contribution in [3.8, 4) is 0 Å². The molecule has 0 unspecified atom stereocenters. The maximum absolute atomic E-state index is 13.4. The van der Waals surface area contributed by atoms with Gasteiger partial charge in [-0.3, -0.25) is 4.79 Å². The molecule has 7 heteroatoms. The van der Waals surface area contributed by atoms with Crippen LogP contribution in [0.2, 0.25) is 0 Å². The van der Waals surface area contributed by atoms with Gasteiger partial charge in [-0.25, -0.2) is 8.42 Å². The number of nitrogens with one attached hydrogen (secondary N) is 1. The number of nitrogens with zero attached hydrogens (tertiary/aromatic N) is 2. The first-order chi connectivity index (χ1) is 13.0. The van der Waals surface area contributed by atoms with E-state index < -0.39 is 10.0 Å². The molecule has 1 aromatic rings. The van der Waals surface area contributed by atoms with Crippen LogP contribution in [0.1, 0.15) is 44.6 Å². The summed E-state index contributed by atoms with van der Waals surface area (Å²) in [6, 6.07) is 7.01. The summed E-state index contributed by atoms with van der Waals surface area (Å²) in [4.78, 5) is 14.9. The van der Waals surface area contributed by atoms with Gasteiger partial charge in [0.25, 0.3) is 0 Å². The third-order valence-electron chi connectivity index (χ3n) is 5.68. The molecule has 1 aliphatic carbocycles. The summed E-state index contributed by atoms with van der Waals surface area (Å²) in [6.45, 7) is 4.80. The number of piperazine rings is 1. The van der Waals surface area contributed by atoms with Crippen LogP contribution >= 0.6 is 0 Å². The van der Waals surface area contributed by atoms with Crippen LogP contribution in [-0.4, -0.2) is 62.3 Å². The number of aryl methyl sites for hydroxylation is 1. The fraction of sp³-hybridized carbons (Fsp3) is 0.650. The second kappa shape index (κ2) is 9.17. The molecule has 1 saturated heterocycles. The van der Waals surface area contributed by atoms with Crippen LogP contribution in [0.3, 0.4) is 0 Å². The highest BCUT2D eigenvalue weighted by atomic mass is 32.2. The van der Waals surface area contributed by atoms with Crippen molar-refractivity contribution in [2.24, 2.45) is 0 Å². The Labute approximate surface area is 163 Å². The molecule has 150 valence electrons. The molecular weight excluding hydrogens is 362 g/mol. The third-order valence-corrected chi connectivity index (χ3v) is 7.59. The largest absolute Gasteiger partial charge is 0.339 e. The van der Waals surface area contributed by atoms with Gasteiger partial charge in [-0.15, -0.1) is 0 Å². The molecule has 27 heavy (non-hydrogen) atoms. The number of hydrogen-bond acceptors (Lipinski definition) is 4. The Kier molecular flexibility index (Phi) is 6.89. The summed E-state index contributed by atoms with van der Waals surface area (Å²) >= 11 is 0. The first-order valence-corrected chi connectivity index (χ1v) is 11.6. The summed E-state index contributed by atoms with van der Waals surface area (Å²) < 4.78 is 28.3. The number of carbonyl (C=O) groups is 1. The van der Waals surface area contributed by atoms with Crippen molar-refractivity contribution in [2.75, 3.05) is 32.7 Å². The zero-order chi connectivity index (χ0) is 19.3. The minimum absolute atomic E-state index is 0.0530. The monoisotopic (exact) mass is 393 g/mol. The van der Waals surface area contributed by atoms with E-state index in [2.05, 4.69) is 5.32 Å². The Bertz CT molecular complexity index is 721. The predicted molar refractivity (Wildman–Crippen MR) is 106 cm³/mol. The van der Waals surface area contributed by atoms with Crippen LogP contribution in [0.4, 0.5) is 0 Å². The van der Waals surface area contributed by atoms with E-state index in [0.29, 0.717) is 18.0 Å². The van der Waals surface area contributed by atoms with Gasteiger partial charge in [-0.05, 0) is 37.0 Å². The summed E-state index contributed by atoms with van der Waals surface area (Å²) in [6.07, 6.45) is 5.72. The fourth-order valence-corrected chi connectivity index (χ4v) is 5.59. The smallest absolute Gasteiger partial charge is 0.243 e. The lowest BCUT2D eigenvalue weighted by Crippen LogP contribution is -2.52. The number of carbonyl (C=O) groups excluding carboxylic acids is 1. The van der Waals surface area contributed by atoms with E-state index in [1.807, 2.05) is 19.1 Å². The molecule has 0 aromatic heterocycles. The summed E-state index contributed by atoms with van der Waals surface area (Å²) in [7, 11) is -3.69. The van der Waals surface area contributed by atoms with E-state index in [4.69, 9.17) is 0 Å². The normalized spacial score (nSPS) is 19.4. The Morgan fingerprint density at radius 3 is 2.33 bits per heavy atom. The molecule has 3 rings (SSSR count). The molecule has 0 bridgehead atoms. The van der Waals surface area contributed by atoms with Gasteiger partial charge in [0, 0.05) is 32.2 Å².